The molecule has 2 aromatic rings. The molecule has 0 saturated carbocycles. The number of nitrogens with zero attached hydrogens (tertiary/aromatic N) is 2. The number of carbonyl (C=O) groups excluding carboxylic acids is 1. The number of hydrogen-bond acceptors (Lipinski definition) is 3. The maximum absolute atomic E-state index is 16.7. The zero-order chi connectivity index (χ0) is 29.1. The second-order valence-corrected chi connectivity index (χ2v) is 10.1. The molecule has 18 heteroatoms. The molecule has 1 aromatic carbocycles. The van der Waals surface area contributed by atoms with E-state index in [4.69, 9.17) is 97.9 Å². The standard InChI is InChI=1S/C20H11B11ClF2N3O/c21-16(22)8-37(14(38)9-1-3-12(33)11(32)5-9)20(30,31)19(28,29)15(16,34)7-36-18(26,27)13-4-2-10(6-35-13)17(23,24)25/h1-6,36H,7-8H2. The average Bonchev–Trinajstić information content (AvgIpc) is 2.80. The maximum atomic E-state index is 16.7. The smallest absolute Gasteiger partial charge is 0.252 e. The number of hydrogen-bond donors (Lipinski definition) is 1. The van der Waals surface area contributed by atoms with E-state index >= 15 is 4.39 Å². The van der Waals surface area contributed by atoms with Crippen LogP contribution in [0.1, 0.15) is 21.6 Å². The summed E-state index contributed by atoms with van der Waals surface area (Å²) in [4.78, 5) is 17.9. The number of carbonyl (C=O) groups is 1. The molecule has 1 fully saturated rings. The van der Waals surface area contributed by atoms with E-state index in [0.29, 0.717) is 4.90 Å². The van der Waals surface area contributed by atoms with E-state index in [2.05, 4.69) is 10.3 Å². The molecule has 3 rings (SSSR count). The summed E-state index contributed by atoms with van der Waals surface area (Å²) in [5.74, 6) is -1.73. The summed E-state index contributed by atoms with van der Waals surface area (Å²) < 4.78 is 30.3. The second-order valence-electron chi connectivity index (χ2n) is 9.64. The van der Waals surface area contributed by atoms with Crippen molar-refractivity contribution in [3.05, 3.63) is 64.2 Å². The average molecular weight is 502 g/mol. The molecule has 1 atom stereocenters. The summed E-state index contributed by atoms with van der Waals surface area (Å²) in [6.07, 6.45) is 1.22. The minimum absolute atomic E-state index is 0.000878. The zero-order valence-electron chi connectivity index (χ0n) is 20.2. The number of nitrogens with one attached hydrogen (secondary N) is 1. The fourth-order valence-corrected chi connectivity index (χ4v) is 4.21. The van der Waals surface area contributed by atoms with E-state index in [9.17, 15) is 9.18 Å². The Balaban J connectivity index is 1.92. The molecule has 4 nitrogen and oxygen atoms in total. The van der Waals surface area contributed by atoms with Gasteiger partial charge in [-0.25, -0.2) is 8.78 Å². The Kier molecular flexibility index (Phi) is 8.16. The number of amides is 1. The van der Waals surface area contributed by atoms with Gasteiger partial charge in [0.15, 0.2) is 0 Å². The highest BCUT2D eigenvalue weighted by atomic mass is 35.5. The van der Waals surface area contributed by atoms with Crippen molar-refractivity contribution in [3.8, 4) is 0 Å². The highest BCUT2D eigenvalue weighted by molar-refractivity contribution is 6.59. The van der Waals surface area contributed by atoms with Crippen LogP contribution in [-0.2, 0) is 10.5 Å². The lowest BCUT2D eigenvalue weighted by molar-refractivity contribution is 0.00275. The van der Waals surface area contributed by atoms with Crippen molar-refractivity contribution in [2.24, 2.45) is 0 Å². The number of aromatic nitrogens is 1. The van der Waals surface area contributed by atoms with Gasteiger partial charge in [-0.15, -0.1) is 5.11 Å². The summed E-state index contributed by atoms with van der Waals surface area (Å²) in [5.41, 5.74) is -2.96. The topological polar surface area (TPSA) is 45.2 Å². The van der Waals surface area contributed by atoms with E-state index in [-0.39, 0.29) is 21.8 Å². The Morgan fingerprint density at radius 3 is 2.16 bits per heavy atom. The van der Waals surface area contributed by atoms with Crippen molar-refractivity contribution in [1.82, 2.24) is 15.2 Å². The molecule has 0 aliphatic carbocycles. The maximum Gasteiger partial charge on any atom is 0.252 e. The van der Waals surface area contributed by atoms with Crippen molar-refractivity contribution in [1.29, 1.82) is 0 Å². The molecule has 166 valence electrons. The first kappa shape index (κ1) is 31.2. The molecule has 0 spiro atoms. The normalized spacial score (nSPS) is 22.6. The fourth-order valence-electron chi connectivity index (χ4n) is 4.03. The van der Waals surface area contributed by atoms with Crippen molar-refractivity contribution in [3.63, 3.8) is 0 Å². The van der Waals surface area contributed by atoms with Crippen LogP contribution in [-0.4, -0.2) is 126 Å². The Bertz CT molecular complexity index is 1230. The van der Waals surface area contributed by atoms with Crippen molar-refractivity contribution < 1.29 is 13.6 Å². The molecule has 2 heterocycles. The molecule has 1 unspecified atom stereocenters. The predicted molar refractivity (Wildman–Crippen MR) is 153 cm³/mol. The summed E-state index contributed by atoms with van der Waals surface area (Å²) in [5, 5.41) is -9.43. The van der Waals surface area contributed by atoms with Crippen molar-refractivity contribution >= 4 is 104 Å². The van der Waals surface area contributed by atoms with Gasteiger partial charge < -0.3 is 10.2 Å². The van der Waals surface area contributed by atoms with Crippen LogP contribution < -0.4 is 5.32 Å². The van der Waals surface area contributed by atoms with Crippen LogP contribution in [0.25, 0.3) is 0 Å². The van der Waals surface area contributed by atoms with Gasteiger partial charge >= 0.3 is 0 Å². The van der Waals surface area contributed by atoms with Crippen LogP contribution in [0.4, 0.5) is 8.78 Å². The van der Waals surface area contributed by atoms with Gasteiger partial charge in [-0.05, 0) is 45.7 Å². The van der Waals surface area contributed by atoms with Crippen molar-refractivity contribution in [2.75, 3.05) is 13.1 Å². The van der Waals surface area contributed by atoms with Crippen LogP contribution in [0.2, 0.25) is 15.5 Å². The van der Waals surface area contributed by atoms with Gasteiger partial charge in [-0.3, -0.25) is 9.78 Å². The van der Waals surface area contributed by atoms with Crippen LogP contribution >= 0.6 is 11.6 Å². The monoisotopic (exact) mass is 503 g/mol. The van der Waals surface area contributed by atoms with Gasteiger partial charge in [-0.2, -0.15) is 0 Å². The van der Waals surface area contributed by atoms with Gasteiger partial charge in [0.1, 0.15) is 11.5 Å². The van der Waals surface area contributed by atoms with Crippen LogP contribution in [0.5, 0.6) is 0 Å². The summed E-state index contributed by atoms with van der Waals surface area (Å²) in [6, 6.07) is 5.80. The Labute approximate surface area is 241 Å². The zero-order valence-corrected chi connectivity index (χ0v) is 20.9. The van der Waals surface area contributed by atoms with Crippen LogP contribution in [0.15, 0.2) is 36.5 Å². The highest BCUT2D eigenvalue weighted by Gasteiger charge is 2.65. The minimum Gasteiger partial charge on any atom is -0.352 e. The Morgan fingerprint density at radius 2 is 1.66 bits per heavy atom. The lowest BCUT2D eigenvalue weighted by atomic mass is 9.21. The first-order valence-corrected chi connectivity index (χ1v) is 11.3. The second kappa shape index (κ2) is 9.94. The molecule has 1 saturated heterocycles. The van der Waals surface area contributed by atoms with E-state index in [1.807, 2.05) is 0 Å². The van der Waals surface area contributed by atoms with Gasteiger partial charge in [0.05, 0.1) is 91.3 Å². The van der Waals surface area contributed by atoms with Gasteiger partial charge in [0, 0.05) is 30.5 Å². The Morgan fingerprint density at radius 1 is 1.05 bits per heavy atom. The summed E-state index contributed by atoms with van der Waals surface area (Å²) in [6.45, 7) is -1.69. The molecule has 1 amide bonds. The predicted octanol–water partition coefficient (Wildman–Crippen LogP) is -1.71. The van der Waals surface area contributed by atoms with Gasteiger partial charge in [-0.1, -0.05) is 22.9 Å². The number of pyridine rings is 1. The first-order valence-electron chi connectivity index (χ1n) is 10.9. The van der Waals surface area contributed by atoms with Gasteiger partial charge in [0.25, 0.3) is 5.91 Å². The van der Waals surface area contributed by atoms with E-state index in [0.717, 1.165) is 18.2 Å². The lowest BCUT2D eigenvalue weighted by Gasteiger charge is -2.68. The van der Waals surface area contributed by atoms with Crippen LogP contribution in [0, 0.1) is 5.82 Å². The Hall–Kier alpha value is -1.34. The molecular formula is C20H11B11ClF2N3O. The SMILES string of the molecule is [B]C([B])([B])c1ccc(C([B])([B])NCC2(F)C([B])([B])CN(C(=O)c3ccc(F)c(Cl)c3)C([B])([B])C2([B])[B])nc1. The number of benzene rings is 1. The number of likely N-dealkylation sites (tertiary alicyclic amines) is 1. The third-order valence-corrected chi connectivity index (χ3v) is 6.94. The highest BCUT2D eigenvalue weighted by Crippen LogP contribution is 2.59. The van der Waals surface area contributed by atoms with E-state index in [1.165, 1.54) is 18.3 Å². The first-order chi connectivity index (χ1) is 17.1. The molecular weight excluding hydrogens is 491 g/mol. The number of rotatable bonds is 6. The number of piperidine rings is 1. The molecule has 22 radical (unpaired) electrons. The quantitative estimate of drug-likeness (QED) is 0.480. The van der Waals surface area contributed by atoms with E-state index < -0.39 is 56.7 Å². The largest absolute Gasteiger partial charge is 0.352 e. The number of alkyl halides is 1. The minimum atomic E-state index is -3.05. The van der Waals surface area contributed by atoms with Gasteiger partial charge in [0.2, 0.25) is 0 Å². The molecule has 1 aliphatic heterocycles. The molecule has 1 aromatic heterocycles. The van der Waals surface area contributed by atoms with Crippen LogP contribution in [0.3, 0.4) is 0 Å². The molecule has 1 N–H and O–H groups in total. The van der Waals surface area contributed by atoms with E-state index in [1.54, 1.807) is 0 Å². The molecule has 1 aliphatic rings. The number of halogens is 3. The lowest BCUT2D eigenvalue weighted by Crippen LogP contribution is -2.77. The van der Waals surface area contributed by atoms with Crippen molar-refractivity contribution in [2.45, 2.75) is 31.9 Å². The third-order valence-electron chi connectivity index (χ3n) is 6.65. The third kappa shape index (κ3) is 5.23. The summed E-state index contributed by atoms with van der Waals surface area (Å²) >= 11 is 5.77. The fraction of sp³-hybridized carbons (Fsp3) is 0.400. The molecule has 0 bridgehead atoms. The molecule has 38 heavy (non-hydrogen) atoms. The summed E-state index contributed by atoms with van der Waals surface area (Å²) in [7, 11) is 65.9.